The van der Waals surface area contributed by atoms with Gasteiger partial charge in [-0.05, 0) is 45.9 Å². The van der Waals surface area contributed by atoms with Crippen LogP contribution in [0.15, 0.2) is 24.3 Å². The molecular weight excluding hydrogens is 527 g/mol. The second-order valence-corrected chi connectivity index (χ2v) is 15.4. The van der Waals surface area contributed by atoms with Gasteiger partial charge in [0.25, 0.3) is 0 Å². The molecule has 0 aliphatic heterocycles. The van der Waals surface area contributed by atoms with Crippen LogP contribution in [0, 0.1) is 0 Å². The smallest absolute Gasteiger partial charge is 0.507 e. The molecule has 0 fully saturated rings. The summed E-state index contributed by atoms with van der Waals surface area (Å²) in [7, 11) is -2.75. The SMILES string of the molecule is CC(C)(C)c1cc(C(=O)CO[P+](=O)OCC(=O)c2cc(C(C)(C)C)c(O)c(C(C)(C)C)c2)cc(C(C)(C)C)c1O. The number of carbonyl (C=O) groups is 2. The van der Waals surface area contributed by atoms with Gasteiger partial charge in [0.1, 0.15) is 11.5 Å². The van der Waals surface area contributed by atoms with E-state index in [-0.39, 0.29) is 11.5 Å². The van der Waals surface area contributed by atoms with E-state index in [2.05, 4.69) is 0 Å². The molecule has 0 aliphatic carbocycles. The van der Waals surface area contributed by atoms with Crippen molar-refractivity contribution in [2.75, 3.05) is 13.2 Å². The van der Waals surface area contributed by atoms with Gasteiger partial charge in [0.05, 0.1) is 0 Å². The van der Waals surface area contributed by atoms with Crippen molar-refractivity contribution in [3.8, 4) is 11.5 Å². The van der Waals surface area contributed by atoms with Gasteiger partial charge < -0.3 is 10.2 Å². The average Bonchev–Trinajstić information content (AvgIpc) is 2.78. The minimum Gasteiger partial charge on any atom is -0.507 e. The number of phenols is 2. The molecule has 0 saturated carbocycles. The molecule has 220 valence electrons. The predicted octanol–water partition coefficient (Wildman–Crippen LogP) is 8.04. The lowest BCUT2D eigenvalue weighted by molar-refractivity contribution is 0.0877. The fraction of sp³-hybridized carbons (Fsp3) is 0.562. The number of carbonyl (C=O) groups excluding carboxylic acids is 2. The van der Waals surface area contributed by atoms with Crippen molar-refractivity contribution in [2.24, 2.45) is 0 Å². The number of ketones is 2. The number of benzene rings is 2. The standard InChI is InChI=1S/C32H45O7P/c1-29(2,3)21-13-19(14-22(27(21)35)30(4,5)6)25(33)17-38-40(37)39-18-26(34)20-15-23(31(7,8)9)28(36)24(16-20)32(10,11)12/h13-16H,17-18H2,1-12H3,(H-,33,34,35,36)/p+1. The Kier molecular flexibility index (Phi) is 9.84. The average molecular weight is 574 g/mol. The summed E-state index contributed by atoms with van der Waals surface area (Å²) in [6, 6.07) is 6.55. The normalized spacial score (nSPS) is 12.9. The van der Waals surface area contributed by atoms with E-state index in [1.807, 2.05) is 83.1 Å². The minimum absolute atomic E-state index is 0.156. The van der Waals surface area contributed by atoms with E-state index in [0.29, 0.717) is 33.4 Å². The summed E-state index contributed by atoms with van der Waals surface area (Å²) >= 11 is 0. The summed E-state index contributed by atoms with van der Waals surface area (Å²) in [5, 5.41) is 21.8. The molecule has 0 heterocycles. The molecule has 0 aliphatic rings. The number of Topliss-reactive ketones (excluding diaryl/α,β-unsaturated/α-hetero) is 2. The first-order chi connectivity index (χ1) is 17.9. The van der Waals surface area contributed by atoms with E-state index in [1.54, 1.807) is 24.3 Å². The van der Waals surface area contributed by atoms with Gasteiger partial charge in [-0.15, -0.1) is 9.05 Å². The molecule has 0 amide bonds. The molecule has 8 heteroatoms. The van der Waals surface area contributed by atoms with Crippen LogP contribution in [0.3, 0.4) is 0 Å². The van der Waals surface area contributed by atoms with Gasteiger partial charge in [0.15, 0.2) is 24.8 Å². The van der Waals surface area contributed by atoms with Crippen LogP contribution in [0.2, 0.25) is 0 Å². The molecule has 0 spiro atoms. The summed E-state index contributed by atoms with van der Waals surface area (Å²) in [6.07, 6.45) is 0. The Balaban J connectivity index is 2.18. The molecule has 0 saturated heterocycles. The van der Waals surface area contributed by atoms with E-state index in [4.69, 9.17) is 9.05 Å². The largest absolute Gasteiger partial charge is 0.698 e. The van der Waals surface area contributed by atoms with Crippen molar-refractivity contribution in [2.45, 2.75) is 105 Å². The van der Waals surface area contributed by atoms with Crippen LogP contribution in [-0.4, -0.2) is 35.0 Å². The van der Waals surface area contributed by atoms with Crippen molar-refractivity contribution in [3.63, 3.8) is 0 Å². The molecular formula is C32H46O7P+. The van der Waals surface area contributed by atoms with E-state index < -0.39 is 54.7 Å². The Labute approximate surface area is 240 Å². The molecule has 0 atom stereocenters. The molecule has 2 rings (SSSR count). The third kappa shape index (κ3) is 8.22. The predicted molar refractivity (Wildman–Crippen MR) is 159 cm³/mol. The lowest BCUT2D eigenvalue weighted by Gasteiger charge is -2.28. The summed E-state index contributed by atoms with van der Waals surface area (Å²) in [6.45, 7) is 22.4. The van der Waals surface area contributed by atoms with Crippen molar-refractivity contribution < 1.29 is 33.4 Å². The maximum atomic E-state index is 13.0. The van der Waals surface area contributed by atoms with Crippen LogP contribution < -0.4 is 0 Å². The lowest BCUT2D eigenvalue weighted by atomic mass is 9.78. The third-order valence-electron chi connectivity index (χ3n) is 6.70. The summed E-state index contributed by atoms with van der Waals surface area (Å²) in [5.41, 5.74) is 1.54. The van der Waals surface area contributed by atoms with E-state index in [1.165, 1.54) is 0 Å². The van der Waals surface area contributed by atoms with Crippen LogP contribution in [-0.2, 0) is 35.3 Å². The van der Waals surface area contributed by atoms with Gasteiger partial charge in [0, 0.05) is 37.9 Å². The molecule has 2 aromatic rings. The fourth-order valence-electron chi connectivity index (χ4n) is 4.30. The molecule has 2 N–H and O–H groups in total. The second-order valence-electron chi connectivity index (χ2n) is 14.5. The summed E-state index contributed by atoms with van der Waals surface area (Å²) in [5.74, 6) is -0.525. The highest BCUT2D eigenvalue weighted by molar-refractivity contribution is 7.33. The molecule has 0 unspecified atom stereocenters. The van der Waals surface area contributed by atoms with E-state index in [0.717, 1.165) is 0 Å². The van der Waals surface area contributed by atoms with Gasteiger partial charge in [-0.1, -0.05) is 83.1 Å². The second kappa shape index (κ2) is 11.7. The quantitative estimate of drug-likeness (QED) is 0.243. The Morgan fingerprint density at radius 3 is 1.00 bits per heavy atom. The zero-order valence-electron chi connectivity index (χ0n) is 26.1. The maximum absolute atomic E-state index is 13.0. The molecule has 0 bridgehead atoms. The summed E-state index contributed by atoms with van der Waals surface area (Å²) in [4.78, 5) is 26.0. The zero-order valence-corrected chi connectivity index (χ0v) is 27.0. The monoisotopic (exact) mass is 573 g/mol. The molecule has 7 nitrogen and oxygen atoms in total. The molecule has 40 heavy (non-hydrogen) atoms. The Hall–Kier alpha value is -2.60. The van der Waals surface area contributed by atoms with Crippen LogP contribution in [0.1, 0.15) is 126 Å². The van der Waals surface area contributed by atoms with Crippen LogP contribution in [0.5, 0.6) is 11.5 Å². The Bertz CT molecular complexity index is 1130. The number of hydrogen-bond donors (Lipinski definition) is 2. The lowest BCUT2D eigenvalue weighted by Crippen LogP contribution is -2.20. The molecule has 2 aromatic carbocycles. The number of phenolic OH excluding ortho intramolecular Hbond substituents is 2. The Morgan fingerprint density at radius 1 is 0.575 bits per heavy atom. The minimum atomic E-state index is -2.75. The van der Waals surface area contributed by atoms with Crippen LogP contribution in [0.4, 0.5) is 0 Å². The van der Waals surface area contributed by atoms with Crippen LogP contribution >= 0.6 is 8.25 Å². The van der Waals surface area contributed by atoms with Crippen molar-refractivity contribution in [3.05, 3.63) is 57.6 Å². The van der Waals surface area contributed by atoms with E-state index >= 15 is 0 Å². The van der Waals surface area contributed by atoms with Crippen LogP contribution in [0.25, 0.3) is 0 Å². The van der Waals surface area contributed by atoms with Gasteiger partial charge in [-0.3, -0.25) is 9.59 Å². The highest BCUT2D eigenvalue weighted by Crippen LogP contribution is 2.41. The topological polar surface area (TPSA) is 110 Å². The summed E-state index contributed by atoms with van der Waals surface area (Å²) < 4.78 is 22.8. The van der Waals surface area contributed by atoms with E-state index in [9.17, 15) is 24.4 Å². The first-order valence-corrected chi connectivity index (χ1v) is 14.6. The first kappa shape index (κ1) is 33.6. The number of hydrogen-bond acceptors (Lipinski definition) is 7. The number of rotatable bonds is 8. The number of aromatic hydroxyl groups is 2. The van der Waals surface area contributed by atoms with Gasteiger partial charge in [-0.25, -0.2) is 0 Å². The zero-order chi connectivity index (χ0) is 31.0. The Morgan fingerprint density at radius 2 is 0.800 bits per heavy atom. The highest BCUT2D eigenvalue weighted by Gasteiger charge is 2.31. The molecule has 0 aromatic heterocycles. The fourth-order valence-corrected chi connectivity index (χ4v) is 4.82. The maximum Gasteiger partial charge on any atom is 0.698 e. The van der Waals surface area contributed by atoms with Gasteiger partial charge in [-0.2, -0.15) is 0 Å². The highest BCUT2D eigenvalue weighted by atomic mass is 31.1. The van der Waals surface area contributed by atoms with Crippen molar-refractivity contribution in [1.82, 2.24) is 0 Å². The third-order valence-corrected chi connectivity index (χ3v) is 7.38. The van der Waals surface area contributed by atoms with Gasteiger partial charge >= 0.3 is 8.25 Å². The molecule has 0 radical (unpaired) electrons. The van der Waals surface area contributed by atoms with Crippen molar-refractivity contribution >= 4 is 19.8 Å². The van der Waals surface area contributed by atoms with Gasteiger partial charge in [0.2, 0.25) is 0 Å². The van der Waals surface area contributed by atoms with Crippen molar-refractivity contribution in [1.29, 1.82) is 0 Å². The first-order valence-electron chi connectivity index (χ1n) is 13.5.